The van der Waals surface area contributed by atoms with Crippen molar-refractivity contribution < 1.29 is 17.9 Å². The summed E-state index contributed by atoms with van der Waals surface area (Å²) >= 11 is 0. The molecular formula is C15H22N2O4S. The Morgan fingerprint density at radius 1 is 1.36 bits per heavy atom. The molecule has 0 saturated heterocycles. The van der Waals surface area contributed by atoms with Gasteiger partial charge in [0.15, 0.2) is 0 Å². The van der Waals surface area contributed by atoms with Crippen molar-refractivity contribution in [3.05, 3.63) is 23.8 Å². The second kappa shape index (κ2) is 6.36. The molecule has 122 valence electrons. The van der Waals surface area contributed by atoms with Crippen LogP contribution in [0.4, 0.5) is 5.69 Å². The van der Waals surface area contributed by atoms with Crippen molar-refractivity contribution in [1.82, 2.24) is 4.72 Å². The minimum Gasteiger partial charge on any atom is -0.385 e. The van der Waals surface area contributed by atoms with Gasteiger partial charge in [-0.2, -0.15) is 0 Å². The first-order valence-corrected chi connectivity index (χ1v) is 8.67. The minimum absolute atomic E-state index is 0.0502. The smallest absolute Gasteiger partial charge is 0.240 e. The summed E-state index contributed by atoms with van der Waals surface area (Å²) in [6.07, 6.45) is 0.951. The summed E-state index contributed by atoms with van der Waals surface area (Å²) in [5.41, 5.74) is 1.13. The monoisotopic (exact) mass is 326 g/mol. The number of amides is 1. The Balaban J connectivity index is 2.25. The highest BCUT2D eigenvalue weighted by molar-refractivity contribution is 7.89. The number of ether oxygens (including phenoxy) is 1. The summed E-state index contributed by atoms with van der Waals surface area (Å²) in [5, 5.41) is 2.78. The first-order chi connectivity index (χ1) is 10.3. The summed E-state index contributed by atoms with van der Waals surface area (Å²) in [4.78, 5) is 11.9. The third-order valence-electron chi connectivity index (χ3n) is 3.72. The summed E-state index contributed by atoms with van der Waals surface area (Å²) in [6.45, 7) is 4.71. The van der Waals surface area contributed by atoms with Crippen molar-refractivity contribution in [2.45, 2.75) is 37.0 Å². The number of hydrogen-bond donors (Lipinski definition) is 2. The molecular weight excluding hydrogens is 304 g/mol. The van der Waals surface area contributed by atoms with Crippen LogP contribution in [0.2, 0.25) is 0 Å². The van der Waals surface area contributed by atoms with Gasteiger partial charge in [0.1, 0.15) is 0 Å². The second-order valence-corrected chi connectivity index (χ2v) is 7.83. The number of carbonyl (C=O) groups is 1. The SMILES string of the molecule is COCCCNS(=O)(=O)c1ccc2c(c1)C(C)(C)CC(=O)N2. The molecule has 2 rings (SSSR count). The molecule has 1 heterocycles. The summed E-state index contributed by atoms with van der Waals surface area (Å²) in [6, 6.07) is 4.81. The number of methoxy groups -OCH3 is 1. The topological polar surface area (TPSA) is 84.5 Å². The number of fused-ring (bicyclic) bond motifs is 1. The number of anilines is 1. The number of hydrogen-bond acceptors (Lipinski definition) is 4. The van der Waals surface area contributed by atoms with Gasteiger partial charge in [0, 0.05) is 37.8 Å². The van der Waals surface area contributed by atoms with E-state index >= 15 is 0 Å². The van der Waals surface area contributed by atoms with Crippen LogP contribution in [0.1, 0.15) is 32.3 Å². The van der Waals surface area contributed by atoms with Gasteiger partial charge in [-0.1, -0.05) is 13.8 Å². The highest BCUT2D eigenvalue weighted by atomic mass is 32.2. The lowest BCUT2D eigenvalue weighted by Crippen LogP contribution is -2.33. The van der Waals surface area contributed by atoms with Crippen LogP contribution in [0, 0.1) is 0 Å². The van der Waals surface area contributed by atoms with Gasteiger partial charge in [0.05, 0.1) is 4.90 Å². The average Bonchev–Trinajstić information content (AvgIpc) is 2.42. The van der Waals surface area contributed by atoms with E-state index in [4.69, 9.17) is 4.74 Å². The summed E-state index contributed by atoms with van der Waals surface area (Å²) in [7, 11) is -1.98. The van der Waals surface area contributed by atoms with Crippen molar-refractivity contribution >= 4 is 21.6 Å². The molecule has 6 nitrogen and oxygen atoms in total. The van der Waals surface area contributed by atoms with Gasteiger partial charge >= 0.3 is 0 Å². The first-order valence-electron chi connectivity index (χ1n) is 7.19. The zero-order valence-corrected chi connectivity index (χ0v) is 13.9. The number of rotatable bonds is 6. The average molecular weight is 326 g/mol. The quantitative estimate of drug-likeness (QED) is 0.778. The maximum atomic E-state index is 12.3. The van der Waals surface area contributed by atoms with E-state index in [-0.39, 0.29) is 16.2 Å². The third-order valence-corrected chi connectivity index (χ3v) is 5.18. The van der Waals surface area contributed by atoms with Crippen LogP contribution in [0.25, 0.3) is 0 Å². The van der Waals surface area contributed by atoms with Crippen molar-refractivity contribution in [2.24, 2.45) is 0 Å². The Kier molecular flexibility index (Phi) is 4.89. The van der Waals surface area contributed by atoms with Crippen molar-refractivity contribution in [3.63, 3.8) is 0 Å². The fourth-order valence-electron chi connectivity index (χ4n) is 2.56. The lowest BCUT2D eigenvalue weighted by atomic mass is 9.78. The Hall–Kier alpha value is -1.44. The second-order valence-electron chi connectivity index (χ2n) is 6.06. The maximum Gasteiger partial charge on any atom is 0.240 e. The molecule has 1 aliphatic heterocycles. The molecule has 1 aliphatic rings. The molecule has 0 bridgehead atoms. The molecule has 0 saturated carbocycles. The molecule has 0 atom stereocenters. The van der Waals surface area contributed by atoms with Gasteiger partial charge in [-0.15, -0.1) is 0 Å². The van der Waals surface area contributed by atoms with E-state index in [9.17, 15) is 13.2 Å². The molecule has 7 heteroatoms. The first kappa shape index (κ1) is 16.9. The van der Waals surface area contributed by atoms with Crippen molar-refractivity contribution in [3.8, 4) is 0 Å². The molecule has 22 heavy (non-hydrogen) atoms. The maximum absolute atomic E-state index is 12.3. The number of carbonyl (C=O) groups excluding carboxylic acids is 1. The van der Waals surface area contributed by atoms with Gasteiger partial charge in [0.25, 0.3) is 0 Å². The van der Waals surface area contributed by atoms with E-state index in [0.29, 0.717) is 31.7 Å². The molecule has 0 aliphatic carbocycles. The molecule has 0 spiro atoms. The number of sulfonamides is 1. The van der Waals surface area contributed by atoms with E-state index in [1.807, 2.05) is 13.8 Å². The molecule has 1 aromatic carbocycles. The summed E-state index contributed by atoms with van der Waals surface area (Å²) in [5.74, 6) is -0.0502. The Morgan fingerprint density at radius 2 is 2.09 bits per heavy atom. The molecule has 0 fully saturated rings. The number of nitrogens with one attached hydrogen (secondary N) is 2. The molecule has 0 radical (unpaired) electrons. The highest BCUT2D eigenvalue weighted by Gasteiger charge is 2.33. The van der Waals surface area contributed by atoms with Gasteiger partial charge in [-0.25, -0.2) is 13.1 Å². The van der Waals surface area contributed by atoms with Crippen LogP contribution in [-0.2, 0) is 25.0 Å². The summed E-state index contributed by atoms with van der Waals surface area (Å²) < 4.78 is 32.1. The van der Waals surface area contributed by atoms with Crippen LogP contribution in [0.3, 0.4) is 0 Å². The molecule has 1 aromatic rings. The standard InChI is InChI=1S/C15H22N2O4S/c1-15(2)10-14(18)17-13-6-5-11(9-12(13)15)22(19,20)16-7-4-8-21-3/h5-6,9,16H,4,7-8,10H2,1-3H3,(H,17,18). The zero-order valence-electron chi connectivity index (χ0n) is 13.1. The Bertz CT molecular complexity index is 668. The van der Waals surface area contributed by atoms with E-state index in [1.54, 1.807) is 19.2 Å². The van der Waals surface area contributed by atoms with Crippen LogP contribution >= 0.6 is 0 Å². The predicted octanol–water partition coefficient (Wildman–Crippen LogP) is 1.62. The van der Waals surface area contributed by atoms with Gasteiger partial charge in [-0.3, -0.25) is 4.79 Å². The van der Waals surface area contributed by atoms with Crippen LogP contribution in [0.5, 0.6) is 0 Å². The van der Waals surface area contributed by atoms with E-state index < -0.39 is 10.0 Å². The fourth-order valence-corrected chi connectivity index (χ4v) is 3.66. The Morgan fingerprint density at radius 3 is 2.77 bits per heavy atom. The van der Waals surface area contributed by atoms with Gasteiger partial charge in [0.2, 0.25) is 15.9 Å². The third kappa shape index (κ3) is 3.66. The van der Waals surface area contributed by atoms with Crippen LogP contribution < -0.4 is 10.0 Å². The lowest BCUT2D eigenvalue weighted by molar-refractivity contribution is -0.117. The Labute approximate surface area is 131 Å². The van der Waals surface area contributed by atoms with Crippen LogP contribution in [-0.4, -0.2) is 34.6 Å². The zero-order chi connectivity index (χ0) is 16.4. The normalized spacial score (nSPS) is 17.0. The molecule has 0 unspecified atom stereocenters. The van der Waals surface area contributed by atoms with Gasteiger partial charge in [-0.05, 0) is 30.2 Å². The van der Waals surface area contributed by atoms with E-state index in [2.05, 4.69) is 10.0 Å². The fraction of sp³-hybridized carbons (Fsp3) is 0.533. The van der Waals surface area contributed by atoms with Gasteiger partial charge < -0.3 is 10.1 Å². The molecule has 2 N–H and O–H groups in total. The van der Waals surface area contributed by atoms with Crippen molar-refractivity contribution in [1.29, 1.82) is 0 Å². The molecule has 1 amide bonds. The lowest BCUT2D eigenvalue weighted by Gasteiger charge is -2.32. The largest absolute Gasteiger partial charge is 0.385 e. The van der Waals surface area contributed by atoms with Crippen molar-refractivity contribution in [2.75, 3.05) is 25.6 Å². The number of benzene rings is 1. The predicted molar refractivity (Wildman–Crippen MR) is 84.4 cm³/mol. The van der Waals surface area contributed by atoms with Crippen LogP contribution in [0.15, 0.2) is 23.1 Å². The van der Waals surface area contributed by atoms with E-state index in [0.717, 1.165) is 5.56 Å². The highest BCUT2D eigenvalue weighted by Crippen LogP contribution is 2.38. The van der Waals surface area contributed by atoms with E-state index in [1.165, 1.54) is 6.07 Å². The molecule has 0 aromatic heterocycles. The minimum atomic E-state index is -3.56.